The Balaban J connectivity index is 1.88. The SMILES string of the molecule is CC(C)C1CCCN(CCn2cc(N)ccc2=O)CC1. The number of nitrogens with two attached hydrogens (primary N) is 1. The Bertz CT molecular complexity index is 481. The van der Waals surface area contributed by atoms with Crippen LogP contribution in [0.5, 0.6) is 0 Å². The molecule has 1 aromatic heterocycles. The number of hydrogen-bond donors (Lipinski definition) is 1. The molecule has 1 unspecified atom stereocenters. The summed E-state index contributed by atoms with van der Waals surface area (Å²) in [5.74, 6) is 1.64. The van der Waals surface area contributed by atoms with E-state index in [1.807, 2.05) is 0 Å². The Morgan fingerprint density at radius 3 is 2.80 bits per heavy atom. The van der Waals surface area contributed by atoms with Gasteiger partial charge in [-0.1, -0.05) is 13.8 Å². The maximum Gasteiger partial charge on any atom is 0.250 e. The molecule has 4 nitrogen and oxygen atoms in total. The van der Waals surface area contributed by atoms with E-state index in [-0.39, 0.29) is 5.56 Å². The first-order valence-corrected chi connectivity index (χ1v) is 7.74. The maximum absolute atomic E-state index is 11.7. The lowest BCUT2D eigenvalue weighted by molar-refractivity contribution is 0.261. The molecule has 0 amide bonds. The second-order valence-electron chi connectivity index (χ2n) is 6.27. The predicted molar refractivity (Wildman–Crippen MR) is 83.7 cm³/mol. The fourth-order valence-electron chi connectivity index (χ4n) is 3.05. The molecule has 2 heterocycles. The number of nitrogens with zero attached hydrogens (tertiary/aromatic N) is 2. The summed E-state index contributed by atoms with van der Waals surface area (Å²) in [6, 6.07) is 3.21. The van der Waals surface area contributed by atoms with E-state index >= 15 is 0 Å². The third-order valence-corrected chi connectivity index (χ3v) is 4.47. The van der Waals surface area contributed by atoms with E-state index in [9.17, 15) is 4.79 Å². The van der Waals surface area contributed by atoms with E-state index in [1.165, 1.54) is 19.3 Å². The van der Waals surface area contributed by atoms with Gasteiger partial charge in [-0.15, -0.1) is 0 Å². The highest BCUT2D eigenvalue weighted by molar-refractivity contribution is 5.33. The van der Waals surface area contributed by atoms with Gasteiger partial charge in [0.15, 0.2) is 0 Å². The van der Waals surface area contributed by atoms with E-state index in [2.05, 4.69) is 18.7 Å². The molecule has 0 aliphatic carbocycles. The quantitative estimate of drug-likeness (QED) is 0.918. The summed E-state index contributed by atoms with van der Waals surface area (Å²) >= 11 is 0. The van der Waals surface area contributed by atoms with Gasteiger partial charge < -0.3 is 15.2 Å². The standard InChI is InChI=1S/C16H27N3O/c1-13(2)14-4-3-8-18(9-7-14)10-11-19-12-15(17)5-6-16(19)20/h5-6,12-14H,3-4,7-11,17H2,1-2H3. The molecule has 2 rings (SSSR count). The van der Waals surface area contributed by atoms with Gasteiger partial charge in [-0.25, -0.2) is 0 Å². The molecule has 112 valence electrons. The molecule has 20 heavy (non-hydrogen) atoms. The molecule has 1 aliphatic heterocycles. The average Bonchev–Trinajstić information content (AvgIpc) is 2.65. The molecule has 1 aromatic rings. The Morgan fingerprint density at radius 2 is 2.05 bits per heavy atom. The Labute approximate surface area is 121 Å². The van der Waals surface area contributed by atoms with Gasteiger partial charge in [0.1, 0.15) is 0 Å². The van der Waals surface area contributed by atoms with Crippen LogP contribution in [-0.4, -0.2) is 29.1 Å². The van der Waals surface area contributed by atoms with Crippen molar-refractivity contribution in [2.24, 2.45) is 11.8 Å². The normalized spacial score (nSPS) is 21.1. The topological polar surface area (TPSA) is 51.3 Å². The molecular weight excluding hydrogens is 250 g/mol. The van der Waals surface area contributed by atoms with Gasteiger partial charge in [-0.2, -0.15) is 0 Å². The highest BCUT2D eigenvalue weighted by atomic mass is 16.1. The van der Waals surface area contributed by atoms with E-state index < -0.39 is 0 Å². The van der Waals surface area contributed by atoms with Crippen molar-refractivity contribution in [1.29, 1.82) is 0 Å². The van der Waals surface area contributed by atoms with Gasteiger partial charge in [0, 0.05) is 31.0 Å². The van der Waals surface area contributed by atoms with Crippen LogP contribution >= 0.6 is 0 Å². The summed E-state index contributed by atoms with van der Waals surface area (Å²) in [5.41, 5.74) is 6.43. The summed E-state index contributed by atoms with van der Waals surface area (Å²) in [7, 11) is 0. The first kappa shape index (κ1) is 15.1. The molecule has 1 fully saturated rings. The van der Waals surface area contributed by atoms with Gasteiger partial charge in [-0.05, 0) is 50.3 Å². The lowest BCUT2D eigenvalue weighted by atomic mass is 9.89. The highest BCUT2D eigenvalue weighted by Crippen LogP contribution is 2.24. The van der Waals surface area contributed by atoms with Crippen molar-refractivity contribution in [2.45, 2.75) is 39.7 Å². The maximum atomic E-state index is 11.7. The molecule has 0 radical (unpaired) electrons. The van der Waals surface area contributed by atoms with Crippen LogP contribution in [-0.2, 0) is 6.54 Å². The molecule has 0 spiro atoms. The minimum atomic E-state index is 0.0362. The van der Waals surface area contributed by atoms with Crippen molar-refractivity contribution in [3.05, 3.63) is 28.7 Å². The molecular formula is C16H27N3O. The van der Waals surface area contributed by atoms with Crippen LogP contribution in [0.4, 0.5) is 5.69 Å². The molecule has 1 atom stereocenters. The van der Waals surface area contributed by atoms with E-state index in [0.29, 0.717) is 5.69 Å². The van der Waals surface area contributed by atoms with Crippen LogP contribution in [0.15, 0.2) is 23.1 Å². The Kier molecular flexibility index (Phi) is 5.24. The minimum absolute atomic E-state index is 0.0362. The number of likely N-dealkylation sites (tertiary alicyclic amines) is 1. The van der Waals surface area contributed by atoms with Crippen LogP contribution in [0.3, 0.4) is 0 Å². The predicted octanol–water partition coefficient (Wildman–Crippen LogP) is 2.19. The summed E-state index contributed by atoms with van der Waals surface area (Å²) in [6.45, 7) is 8.63. The lowest BCUT2D eigenvalue weighted by Crippen LogP contribution is -2.31. The second-order valence-corrected chi connectivity index (χ2v) is 6.27. The zero-order valence-electron chi connectivity index (χ0n) is 12.7. The molecule has 1 aliphatic rings. The van der Waals surface area contributed by atoms with Crippen molar-refractivity contribution in [2.75, 3.05) is 25.4 Å². The highest BCUT2D eigenvalue weighted by Gasteiger charge is 2.19. The monoisotopic (exact) mass is 277 g/mol. The van der Waals surface area contributed by atoms with Crippen LogP contribution < -0.4 is 11.3 Å². The van der Waals surface area contributed by atoms with Crippen LogP contribution in [0, 0.1) is 11.8 Å². The summed E-state index contributed by atoms with van der Waals surface area (Å²) in [6.07, 6.45) is 5.64. The van der Waals surface area contributed by atoms with Gasteiger partial charge in [0.2, 0.25) is 0 Å². The zero-order valence-corrected chi connectivity index (χ0v) is 12.7. The Morgan fingerprint density at radius 1 is 1.25 bits per heavy atom. The molecule has 0 aromatic carbocycles. The van der Waals surface area contributed by atoms with E-state index in [0.717, 1.165) is 38.0 Å². The Hall–Kier alpha value is -1.29. The number of rotatable bonds is 4. The van der Waals surface area contributed by atoms with Crippen molar-refractivity contribution >= 4 is 5.69 Å². The fourth-order valence-corrected chi connectivity index (χ4v) is 3.05. The van der Waals surface area contributed by atoms with E-state index in [1.54, 1.807) is 22.9 Å². The average molecular weight is 277 g/mol. The van der Waals surface area contributed by atoms with Crippen molar-refractivity contribution < 1.29 is 0 Å². The van der Waals surface area contributed by atoms with Gasteiger partial charge in [0.05, 0.1) is 0 Å². The molecule has 0 bridgehead atoms. The number of pyridine rings is 1. The van der Waals surface area contributed by atoms with Crippen molar-refractivity contribution in [3.63, 3.8) is 0 Å². The minimum Gasteiger partial charge on any atom is -0.398 e. The van der Waals surface area contributed by atoms with Crippen LogP contribution in [0.1, 0.15) is 33.1 Å². The number of hydrogen-bond acceptors (Lipinski definition) is 3. The van der Waals surface area contributed by atoms with Crippen LogP contribution in [0.2, 0.25) is 0 Å². The first-order chi connectivity index (χ1) is 9.56. The van der Waals surface area contributed by atoms with E-state index in [4.69, 9.17) is 5.73 Å². The third kappa shape index (κ3) is 4.10. The van der Waals surface area contributed by atoms with Gasteiger partial charge >= 0.3 is 0 Å². The lowest BCUT2D eigenvalue weighted by Gasteiger charge is -2.21. The second kappa shape index (κ2) is 6.93. The molecule has 2 N–H and O–H groups in total. The smallest absolute Gasteiger partial charge is 0.250 e. The largest absolute Gasteiger partial charge is 0.398 e. The van der Waals surface area contributed by atoms with Crippen molar-refractivity contribution in [1.82, 2.24) is 9.47 Å². The van der Waals surface area contributed by atoms with Crippen molar-refractivity contribution in [3.8, 4) is 0 Å². The summed E-state index contributed by atoms with van der Waals surface area (Å²) in [4.78, 5) is 14.2. The molecule has 0 saturated carbocycles. The first-order valence-electron chi connectivity index (χ1n) is 7.74. The zero-order chi connectivity index (χ0) is 14.5. The molecule has 4 heteroatoms. The number of nitrogen functional groups attached to an aromatic ring is 1. The van der Waals surface area contributed by atoms with Gasteiger partial charge in [0.25, 0.3) is 5.56 Å². The molecule has 1 saturated heterocycles. The number of aromatic nitrogens is 1. The number of anilines is 1. The van der Waals surface area contributed by atoms with Gasteiger partial charge in [-0.3, -0.25) is 4.79 Å². The summed E-state index contributed by atoms with van der Waals surface area (Å²) < 4.78 is 1.72. The summed E-state index contributed by atoms with van der Waals surface area (Å²) in [5, 5.41) is 0. The van der Waals surface area contributed by atoms with Crippen LogP contribution in [0.25, 0.3) is 0 Å². The fraction of sp³-hybridized carbons (Fsp3) is 0.688. The third-order valence-electron chi connectivity index (χ3n) is 4.47.